The van der Waals surface area contributed by atoms with Crippen molar-refractivity contribution >= 4 is 40.7 Å². The van der Waals surface area contributed by atoms with Crippen LogP contribution in [0, 0.1) is 0 Å². The van der Waals surface area contributed by atoms with Crippen LogP contribution in [0.25, 0.3) is 0 Å². The van der Waals surface area contributed by atoms with E-state index in [0.29, 0.717) is 16.5 Å². The summed E-state index contributed by atoms with van der Waals surface area (Å²) in [6.07, 6.45) is 2.48. The number of nitrogens with two attached hydrogens (primary N) is 1. The molecule has 1 atom stereocenters. The van der Waals surface area contributed by atoms with Crippen molar-refractivity contribution in [3.8, 4) is 0 Å². The molecule has 3 rings (SSSR count). The molecule has 0 saturated heterocycles. The van der Waals surface area contributed by atoms with E-state index < -0.39 is 0 Å². The van der Waals surface area contributed by atoms with E-state index in [4.69, 9.17) is 28.9 Å². The van der Waals surface area contributed by atoms with Gasteiger partial charge in [0.15, 0.2) is 0 Å². The van der Waals surface area contributed by atoms with E-state index in [1.807, 2.05) is 47.3 Å². The van der Waals surface area contributed by atoms with Crippen molar-refractivity contribution in [2.75, 3.05) is 12.3 Å². The predicted molar refractivity (Wildman–Crippen MR) is 118 cm³/mol. The zero-order chi connectivity index (χ0) is 20.3. The average molecular weight is 436 g/mol. The first kappa shape index (κ1) is 21.1. The minimum absolute atomic E-state index is 0.00212. The van der Waals surface area contributed by atoms with Crippen LogP contribution in [-0.4, -0.2) is 21.3 Å². The molecular weight excluding hydrogens is 413 g/mol. The van der Waals surface area contributed by atoms with Crippen LogP contribution < -0.4 is 5.73 Å². The second kappa shape index (κ2) is 9.23. The first-order valence-corrected chi connectivity index (χ1v) is 10.6. The Kier molecular flexibility index (Phi) is 6.94. The van der Waals surface area contributed by atoms with Crippen LogP contribution in [0.4, 0.5) is 5.69 Å². The second-order valence-electron chi connectivity index (χ2n) is 6.99. The molecule has 3 N–H and O–H groups in total. The van der Waals surface area contributed by atoms with Gasteiger partial charge in [-0.15, -0.1) is 0 Å². The Morgan fingerprint density at radius 3 is 2.32 bits per heavy atom. The molecule has 0 aliphatic rings. The number of rotatable bonds is 7. The summed E-state index contributed by atoms with van der Waals surface area (Å²) in [4.78, 5) is 5.56. The van der Waals surface area contributed by atoms with Crippen LogP contribution in [0.15, 0.2) is 58.7 Å². The normalized spacial score (nSPS) is 12.5. The maximum absolute atomic E-state index is 10.1. The maximum Gasteiger partial charge on any atom is 0.103 e. The van der Waals surface area contributed by atoms with Gasteiger partial charge >= 0.3 is 0 Å². The number of aliphatic hydroxyl groups is 1. The maximum atomic E-state index is 10.1. The molecule has 1 heterocycles. The average Bonchev–Trinajstić information content (AvgIpc) is 3.04. The third kappa shape index (κ3) is 5.03. The third-order valence-corrected chi connectivity index (χ3v) is 5.95. The fourth-order valence-electron chi connectivity index (χ4n) is 3.00. The molecule has 0 spiro atoms. The smallest absolute Gasteiger partial charge is 0.103 e. The molecule has 0 bridgehead atoms. The van der Waals surface area contributed by atoms with E-state index in [0.717, 1.165) is 26.9 Å². The quantitative estimate of drug-likeness (QED) is 0.458. The van der Waals surface area contributed by atoms with Gasteiger partial charge in [-0.2, -0.15) is 0 Å². The molecular formula is C21H23Cl2N3OS. The molecule has 0 aliphatic carbocycles. The molecule has 1 aromatic heterocycles. The van der Waals surface area contributed by atoms with Gasteiger partial charge in [0.05, 0.1) is 24.7 Å². The number of aliphatic hydroxyl groups excluding tert-OH is 1. The summed E-state index contributed by atoms with van der Waals surface area (Å²) in [6, 6.07) is 13.1. The van der Waals surface area contributed by atoms with Gasteiger partial charge in [0.2, 0.25) is 0 Å². The summed E-state index contributed by atoms with van der Waals surface area (Å²) in [5, 5.41) is 12.3. The lowest BCUT2D eigenvalue weighted by Crippen LogP contribution is -2.16. The minimum Gasteiger partial charge on any atom is -0.399 e. The van der Waals surface area contributed by atoms with E-state index in [2.05, 4.69) is 18.8 Å². The van der Waals surface area contributed by atoms with Gasteiger partial charge in [-0.3, -0.25) is 0 Å². The highest BCUT2D eigenvalue weighted by molar-refractivity contribution is 7.99. The van der Waals surface area contributed by atoms with Crippen molar-refractivity contribution < 1.29 is 5.11 Å². The van der Waals surface area contributed by atoms with Crippen LogP contribution in [0.5, 0.6) is 0 Å². The fraction of sp³-hybridized carbons (Fsp3) is 0.286. The number of anilines is 1. The van der Waals surface area contributed by atoms with Crippen molar-refractivity contribution in [3.05, 3.63) is 70.1 Å². The van der Waals surface area contributed by atoms with Crippen molar-refractivity contribution in [2.45, 2.75) is 42.1 Å². The Bertz CT molecular complexity index is 921. The van der Waals surface area contributed by atoms with Crippen LogP contribution in [0.1, 0.15) is 37.1 Å². The SMILES string of the molecule is CC(C)c1ncn(C(CO)Cc2ccc(N)cc2)c1Sc1cc(Cl)cc(Cl)c1. The number of hydrogen-bond donors (Lipinski definition) is 2. The molecule has 3 aromatic rings. The molecule has 0 radical (unpaired) electrons. The van der Waals surface area contributed by atoms with Crippen LogP contribution in [0.2, 0.25) is 10.0 Å². The van der Waals surface area contributed by atoms with Crippen molar-refractivity contribution in [1.29, 1.82) is 0 Å². The number of aromatic nitrogens is 2. The zero-order valence-corrected chi connectivity index (χ0v) is 18.1. The fourth-order valence-corrected chi connectivity index (χ4v) is 4.95. The summed E-state index contributed by atoms with van der Waals surface area (Å²) >= 11 is 13.9. The topological polar surface area (TPSA) is 64.1 Å². The van der Waals surface area contributed by atoms with Crippen molar-refractivity contribution in [2.24, 2.45) is 0 Å². The van der Waals surface area contributed by atoms with E-state index in [9.17, 15) is 5.11 Å². The molecule has 1 unspecified atom stereocenters. The Hall–Kier alpha value is -1.66. The highest BCUT2D eigenvalue weighted by Gasteiger charge is 2.21. The van der Waals surface area contributed by atoms with Crippen LogP contribution >= 0.6 is 35.0 Å². The van der Waals surface area contributed by atoms with Gasteiger partial charge in [-0.1, -0.05) is 60.9 Å². The predicted octanol–water partition coefficient (Wildman–Crippen LogP) is 5.82. The zero-order valence-electron chi connectivity index (χ0n) is 15.8. The molecule has 0 saturated carbocycles. The number of hydrogen-bond acceptors (Lipinski definition) is 4. The number of halogens is 2. The number of nitrogen functional groups attached to an aromatic ring is 1. The van der Waals surface area contributed by atoms with E-state index in [1.165, 1.54) is 0 Å². The molecule has 0 fully saturated rings. The minimum atomic E-state index is -0.138. The molecule has 28 heavy (non-hydrogen) atoms. The lowest BCUT2D eigenvalue weighted by Gasteiger charge is -2.20. The molecule has 148 valence electrons. The first-order valence-electron chi connectivity index (χ1n) is 9.03. The Morgan fingerprint density at radius 2 is 1.75 bits per heavy atom. The number of imidazole rings is 1. The molecule has 7 heteroatoms. The van der Waals surface area contributed by atoms with E-state index in [1.54, 1.807) is 17.8 Å². The highest BCUT2D eigenvalue weighted by atomic mass is 35.5. The largest absolute Gasteiger partial charge is 0.399 e. The monoisotopic (exact) mass is 435 g/mol. The number of nitrogens with zero attached hydrogens (tertiary/aromatic N) is 2. The van der Waals surface area contributed by atoms with E-state index >= 15 is 0 Å². The first-order chi connectivity index (χ1) is 13.4. The Labute approximate surface area is 179 Å². The highest BCUT2D eigenvalue weighted by Crippen LogP contribution is 2.37. The standard InChI is InChI=1S/C21H23Cl2N3OS/c1-13(2)20-21(28-19-9-15(22)8-16(23)10-19)26(12-25-20)18(11-27)7-14-3-5-17(24)6-4-14/h3-6,8-10,12-13,18,27H,7,11,24H2,1-2H3. The second-order valence-corrected chi connectivity index (χ2v) is 8.92. The molecule has 0 amide bonds. The summed E-state index contributed by atoms with van der Waals surface area (Å²) < 4.78 is 2.05. The van der Waals surface area contributed by atoms with Crippen molar-refractivity contribution in [3.63, 3.8) is 0 Å². The van der Waals surface area contributed by atoms with Crippen LogP contribution in [0.3, 0.4) is 0 Å². The summed E-state index contributed by atoms with van der Waals surface area (Å²) in [5.74, 6) is 0.245. The summed E-state index contributed by atoms with van der Waals surface area (Å²) in [5.41, 5.74) is 8.60. The summed E-state index contributed by atoms with van der Waals surface area (Å²) in [7, 11) is 0. The van der Waals surface area contributed by atoms with Crippen molar-refractivity contribution in [1.82, 2.24) is 9.55 Å². The Balaban J connectivity index is 1.96. The van der Waals surface area contributed by atoms with Crippen LogP contribution in [-0.2, 0) is 6.42 Å². The van der Waals surface area contributed by atoms with Gasteiger partial charge in [0.1, 0.15) is 5.03 Å². The van der Waals surface area contributed by atoms with Gasteiger partial charge in [0, 0.05) is 20.6 Å². The van der Waals surface area contributed by atoms with Gasteiger partial charge in [-0.05, 0) is 48.2 Å². The van der Waals surface area contributed by atoms with E-state index in [-0.39, 0.29) is 18.6 Å². The van der Waals surface area contributed by atoms with Gasteiger partial charge in [0.25, 0.3) is 0 Å². The Morgan fingerprint density at radius 1 is 1.11 bits per heavy atom. The molecule has 4 nitrogen and oxygen atoms in total. The molecule has 0 aliphatic heterocycles. The molecule has 2 aromatic carbocycles. The third-order valence-electron chi connectivity index (χ3n) is 4.43. The number of benzene rings is 2. The lowest BCUT2D eigenvalue weighted by molar-refractivity contribution is 0.221. The summed E-state index contributed by atoms with van der Waals surface area (Å²) in [6.45, 7) is 4.22. The lowest BCUT2D eigenvalue weighted by atomic mass is 10.1. The van der Waals surface area contributed by atoms with Gasteiger partial charge < -0.3 is 15.4 Å². The van der Waals surface area contributed by atoms with Gasteiger partial charge in [-0.25, -0.2) is 4.98 Å².